The zero-order valence-electron chi connectivity index (χ0n) is 13.0. The molecule has 3 heteroatoms. The molecule has 0 aliphatic heterocycles. The zero-order valence-corrected chi connectivity index (χ0v) is 13.0. The third-order valence-corrected chi connectivity index (χ3v) is 3.78. The van der Waals surface area contributed by atoms with Crippen molar-refractivity contribution < 1.29 is 0 Å². The van der Waals surface area contributed by atoms with Gasteiger partial charge in [0.1, 0.15) is 5.82 Å². The molecule has 1 heterocycles. The van der Waals surface area contributed by atoms with Crippen molar-refractivity contribution in [2.24, 2.45) is 0 Å². The Morgan fingerprint density at radius 3 is 2.52 bits per heavy atom. The summed E-state index contributed by atoms with van der Waals surface area (Å²) >= 11 is 0. The molecule has 0 aliphatic rings. The lowest BCUT2D eigenvalue weighted by Crippen LogP contribution is -2.24. The highest BCUT2D eigenvalue weighted by Gasteiger charge is 2.13. The number of aromatic nitrogens is 1. The van der Waals surface area contributed by atoms with Crippen LogP contribution in [0.25, 0.3) is 0 Å². The van der Waals surface area contributed by atoms with Crippen molar-refractivity contribution in [3.05, 3.63) is 59.3 Å². The summed E-state index contributed by atoms with van der Waals surface area (Å²) in [6.07, 6.45) is 4.80. The zero-order chi connectivity index (χ0) is 15.1. The number of nitrogens with one attached hydrogen (secondary N) is 1. The van der Waals surface area contributed by atoms with Crippen molar-refractivity contribution in [1.29, 1.82) is 0 Å². The van der Waals surface area contributed by atoms with E-state index in [1.165, 1.54) is 11.1 Å². The number of hydrogen-bond donors (Lipinski definition) is 2. The first kappa shape index (κ1) is 15.5. The molecule has 1 atom stereocenters. The number of nitrogens with two attached hydrogens (primary N) is 1. The van der Waals surface area contributed by atoms with E-state index in [0.717, 1.165) is 31.4 Å². The second-order valence-electron chi connectivity index (χ2n) is 5.35. The number of nitrogen functional groups attached to an aromatic ring is 1. The number of rotatable bonds is 7. The van der Waals surface area contributed by atoms with Crippen LogP contribution in [0.1, 0.15) is 43.0 Å². The van der Waals surface area contributed by atoms with Crippen molar-refractivity contribution in [3.8, 4) is 0 Å². The van der Waals surface area contributed by atoms with E-state index >= 15 is 0 Å². The molecule has 112 valence electrons. The van der Waals surface area contributed by atoms with E-state index in [0.29, 0.717) is 5.82 Å². The molecule has 21 heavy (non-hydrogen) atoms. The highest BCUT2D eigenvalue weighted by Crippen LogP contribution is 2.21. The van der Waals surface area contributed by atoms with Gasteiger partial charge in [0, 0.05) is 12.2 Å². The van der Waals surface area contributed by atoms with Gasteiger partial charge >= 0.3 is 0 Å². The van der Waals surface area contributed by atoms with Crippen LogP contribution in [0.2, 0.25) is 0 Å². The Labute approximate surface area is 127 Å². The number of nitrogens with zero attached hydrogens (tertiary/aromatic N) is 1. The Hall–Kier alpha value is -1.87. The minimum absolute atomic E-state index is 0.280. The van der Waals surface area contributed by atoms with Crippen LogP contribution >= 0.6 is 0 Å². The maximum atomic E-state index is 5.98. The molecule has 1 aromatic carbocycles. The molecule has 3 nitrogen and oxygen atoms in total. The molecule has 0 radical (unpaired) electrons. The minimum Gasteiger partial charge on any atom is -0.383 e. The molecule has 0 saturated heterocycles. The SMILES string of the molecule is CCCNC(Cc1cccnc1N)c1ccc(CC)cc1. The van der Waals surface area contributed by atoms with Crippen LogP contribution in [0.15, 0.2) is 42.6 Å². The molecule has 0 spiro atoms. The fraction of sp³-hybridized carbons (Fsp3) is 0.389. The van der Waals surface area contributed by atoms with Gasteiger partial charge in [-0.05, 0) is 48.6 Å². The van der Waals surface area contributed by atoms with Gasteiger partial charge in [-0.25, -0.2) is 4.98 Å². The first-order valence-corrected chi connectivity index (χ1v) is 7.76. The lowest BCUT2D eigenvalue weighted by atomic mass is 9.97. The topological polar surface area (TPSA) is 50.9 Å². The molecule has 1 unspecified atom stereocenters. The summed E-state index contributed by atoms with van der Waals surface area (Å²) in [4.78, 5) is 4.18. The Balaban J connectivity index is 2.18. The number of anilines is 1. The van der Waals surface area contributed by atoms with Crippen LogP contribution in [0.5, 0.6) is 0 Å². The van der Waals surface area contributed by atoms with E-state index in [-0.39, 0.29) is 6.04 Å². The van der Waals surface area contributed by atoms with Gasteiger partial charge in [0.05, 0.1) is 0 Å². The first-order chi connectivity index (χ1) is 10.2. The highest BCUT2D eigenvalue weighted by atomic mass is 14.9. The Bertz CT molecular complexity index is 549. The third kappa shape index (κ3) is 4.30. The lowest BCUT2D eigenvalue weighted by molar-refractivity contribution is 0.529. The monoisotopic (exact) mass is 283 g/mol. The Morgan fingerprint density at radius 1 is 1.14 bits per heavy atom. The fourth-order valence-corrected chi connectivity index (χ4v) is 2.46. The van der Waals surface area contributed by atoms with Crippen molar-refractivity contribution in [2.45, 2.75) is 39.2 Å². The Morgan fingerprint density at radius 2 is 1.90 bits per heavy atom. The summed E-state index contributed by atoms with van der Waals surface area (Å²) in [7, 11) is 0. The molecule has 0 amide bonds. The van der Waals surface area contributed by atoms with Crippen molar-refractivity contribution in [2.75, 3.05) is 12.3 Å². The summed E-state index contributed by atoms with van der Waals surface area (Å²) in [5.74, 6) is 0.631. The van der Waals surface area contributed by atoms with E-state index in [1.54, 1.807) is 6.20 Å². The van der Waals surface area contributed by atoms with Gasteiger partial charge in [-0.2, -0.15) is 0 Å². The number of hydrogen-bond acceptors (Lipinski definition) is 3. The molecular formula is C18H25N3. The highest BCUT2D eigenvalue weighted by molar-refractivity contribution is 5.40. The molecule has 0 bridgehead atoms. The van der Waals surface area contributed by atoms with Gasteiger partial charge < -0.3 is 11.1 Å². The number of benzene rings is 1. The second-order valence-corrected chi connectivity index (χ2v) is 5.35. The largest absolute Gasteiger partial charge is 0.383 e. The predicted octanol–water partition coefficient (Wildman–Crippen LogP) is 3.51. The summed E-state index contributed by atoms with van der Waals surface area (Å²) in [6.45, 7) is 5.36. The van der Waals surface area contributed by atoms with Crippen LogP contribution in [0.3, 0.4) is 0 Å². The number of pyridine rings is 1. The van der Waals surface area contributed by atoms with Gasteiger partial charge in [0.15, 0.2) is 0 Å². The number of aryl methyl sites for hydroxylation is 1. The molecule has 3 N–H and O–H groups in total. The predicted molar refractivity (Wildman–Crippen MR) is 89.2 cm³/mol. The quantitative estimate of drug-likeness (QED) is 0.817. The van der Waals surface area contributed by atoms with Gasteiger partial charge in [0.25, 0.3) is 0 Å². The smallest absolute Gasteiger partial charge is 0.126 e. The van der Waals surface area contributed by atoms with Crippen molar-refractivity contribution in [3.63, 3.8) is 0 Å². The van der Waals surface area contributed by atoms with Gasteiger partial charge in [0.2, 0.25) is 0 Å². The normalized spacial score (nSPS) is 12.3. The van der Waals surface area contributed by atoms with Crippen LogP contribution < -0.4 is 11.1 Å². The van der Waals surface area contributed by atoms with Crippen molar-refractivity contribution >= 4 is 5.82 Å². The standard InChI is InChI=1S/C18H25N3/c1-3-11-20-17(13-16-6-5-12-21-18(16)19)15-9-7-14(4-2)8-10-15/h5-10,12,17,20H,3-4,11,13H2,1-2H3,(H2,19,21). The molecular weight excluding hydrogens is 258 g/mol. The summed E-state index contributed by atoms with van der Waals surface area (Å²) in [6, 6.07) is 13.1. The molecule has 0 saturated carbocycles. The minimum atomic E-state index is 0.280. The van der Waals surface area contributed by atoms with Gasteiger partial charge in [-0.15, -0.1) is 0 Å². The summed E-state index contributed by atoms with van der Waals surface area (Å²) < 4.78 is 0. The van der Waals surface area contributed by atoms with Crippen LogP contribution in [0, 0.1) is 0 Å². The first-order valence-electron chi connectivity index (χ1n) is 7.76. The Kier molecular flexibility index (Phi) is 5.76. The maximum Gasteiger partial charge on any atom is 0.126 e. The molecule has 0 fully saturated rings. The second kappa shape index (κ2) is 7.79. The van der Waals surface area contributed by atoms with Gasteiger partial charge in [-0.1, -0.05) is 44.2 Å². The van der Waals surface area contributed by atoms with Gasteiger partial charge in [-0.3, -0.25) is 0 Å². The maximum absolute atomic E-state index is 5.98. The average molecular weight is 283 g/mol. The third-order valence-electron chi connectivity index (χ3n) is 3.78. The van der Waals surface area contributed by atoms with E-state index in [9.17, 15) is 0 Å². The van der Waals surface area contributed by atoms with E-state index < -0.39 is 0 Å². The van der Waals surface area contributed by atoms with Crippen molar-refractivity contribution in [1.82, 2.24) is 10.3 Å². The summed E-state index contributed by atoms with van der Waals surface area (Å²) in [5, 5.41) is 3.62. The lowest BCUT2D eigenvalue weighted by Gasteiger charge is -2.20. The molecule has 0 aliphatic carbocycles. The molecule has 2 aromatic rings. The van der Waals surface area contributed by atoms with Crippen LogP contribution in [-0.2, 0) is 12.8 Å². The summed E-state index contributed by atoms with van der Waals surface area (Å²) in [5.41, 5.74) is 9.76. The molecule has 1 aromatic heterocycles. The fourth-order valence-electron chi connectivity index (χ4n) is 2.46. The van der Waals surface area contributed by atoms with E-state index in [2.05, 4.69) is 54.5 Å². The van der Waals surface area contributed by atoms with E-state index in [1.807, 2.05) is 6.07 Å². The average Bonchev–Trinajstić information content (AvgIpc) is 2.53. The van der Waals surface area contributed by atoms with Crippen LogP contribution in [-0.4, -0.2) is 11.5 Å². The molecule has 2 rings (SSSR count). The van der Waals surface area contributed by atoms with Crippen LogP contribution in [0.4, 0.5) is 5.82 Å². The van der Waals surface area contributed by atoms with E-state index in [4.69, 9.17) is 5.73 Å².